The van der Waals surface area contributed by atoms with Gasteiger partial charge in [0, 0.05) is 38.9 Å². The number of carbonyl (C=O) groups is 2. The van der Waals surface area contributed by atoms with Crippen molar-refractivity contribution in [1.29, 1.82) is 0 Å². The van der Waals surface area contributed by atoms with Crippen molar-refractivity contribution in [2.45, 2.75) is 6.61 Å². The summed E-state index contributed by atoms with van der Waals surface area (Å²) in [5.41, 5.74) is 1.57. The average Bonchev–Trinajstić information content (AvgIpc) is 2.74. The standard InChI is InChI=1S/C15H20N2O4/c1-21-10-11-2-4-12(5-3-11)14(18)17-7-6-16-8-13(9-17)15(19)20/h2-5,13,16H,6-10H2,1H3,(H,19,20). The monoisotopic (exact) mass is 292 g/mol. The van der Waals surface area contributed by atoms with Crippen molar-refractivity contribution in [2.24, 2.45) is 5.92 Å². The lowest BCUT2D eigenvalue weighted by Crippen LogP contribution is -2.38. The van der Waals surface area contributed by atoms with Crippen molar-refractivity contribution >= 4 is 11.9 Å². The first-order valence-electron chi connectivity index (χ1n) is 6.92. The number of methoxy groups -OCH3 is 1. The zero-order valence-corrected chi connectivity index (χ0v) is 12.0. The lowest BCUT2D eigenvalue weighted by Gasteiger charge is -2.22. The zero-order valence-electron chi connectivity index (χ0n) is 12.0. The number of aliphatic carboxylic acids is 1. The number of nitrogens with zero attached hydrogens (tertiary/aromatic N) is 1. The van der Waals surface area contributed by atoms with Crippen LogP contribution in [0.3, 0.4) is 0 Å². The van der Waals surface area contributed by atoms with Crippen LogP contribution < -0.4 is 5.32 Å². The molecule has 1 aromatic rings. The normalized spacial score (nSPS) is 19.1. The van der Waals surface area contributed by atoms with Gasteiger partial charge < -0.3 is 20.1 Å². The number of amides is 1. The Morgan fingerprint density at radius 1 is 1.38 bits per heavy atom. The first-order valence-corrected chi connectivity index (χ1v) is 6.92. The molecule has 0 aromatic heterocycles. The number of nitrogens with one attached hydrogen (secondary N) is 1. The molecular formula is C15H20N2O4. The minimum absolute atomic E-state index is 0.131. The summed E-state index contributed by atoms with van der Waals surface area (Å²) >= 11 is 0. The van der Waals surface area contributed by atoms with E-state index in [1.54, 1.807) is 24.1 Å². The quantitative estimate of drug-likeness (QED) is 0.848. The van der Waals surface area contributed by atoms with E-state index in [9.17, 15) is 9.59 Å². The summed E-state index contributed by atoms with van der Waals surface area (Å²) in [6.07, 6.45) is 0. The summed E-state index contributed by atoms with van der Waals surface area (Å²) < 4.78 is 5.03. The maximum absolute atomic E-state index is 12.5. The topological polar surface area (TPSA) is 78.9 Å². The number of rotatable bonds is 4. The number of hydrogen-bond acceptors (Lipinski definition) is 4. The highest BCUT2D eigenvalue weighted by molar-refractivity contribution is 5.94. The first-order chi connectivity index (χ1) is 10.1. The molecule has 114 valence electrons. The summed E-state index contributed by atoms with van der Waals surface area (Å²) in [5.74, 6) is -1.57. The lowest BCUT2D eigenvalue weighted by atomic mass is 10.1. The summed E-state index contributed by atoms with van der Waals surface area (Å²) in [5, 5.41) is 12.2. The Kier molecular flexibility index (Phi) is 5.30. The Hall–Kier alpha value is -1.92. The largest absolute Gasteiger partial charge is 0.481 e. The fourth-order valence-electron chi connectivity index (χ4n) is 2.35. The van der Waals surface area contributed by atoms with Gasteiger partial charge in [0.2, 0.25) is 0 Å². The van der Waals surface area contributed by atoms with Gasteiger partial charge in [-0.3, -0.25) is 9.59 Å². The van der Waals surface area contributed by atoms with Crippen LogP contribution in [0, 0.1) is 5.92 Å². The van der Waals surface area contributed by atoms with Gasteiger partial charge in [0.15, 0.2) is 0 Å². The molecule has 1 fully saturated rings. The second-order valence-corrected chi connectivity index (χ2v) is 5.12. The summed E-state index contributed by atoms with van der Waals surface area (Å²) in [7, 11) is 1.62. The molecule has 2 N–H and O–H groups in total. The van der Waals surface area contributed by atoms with Gasteiger partial charge in [0.25, 0.3) is 5.91 Å². The van der Waals surface area contributed by atoms with Crippen LogP contribution in [-0.2, 0) is 16.1 Å². The predicted octanol–water partition coefficient (Wildman–Crippen LogP) is 0.579. The molecule has 0 radical (unpaired) electrons. The molecule has 0 aliphatic carbocycles. The highest BCUT2D eigenvalue weighted by atomic mass is 16.5. The molecular weight excluding hydrogens is 272 g/mol. The van der Waals surface area contributed by atoms with Crippen LogP contribution in [0.2, 0.25) is 0 Å². The SMILES string of the molecule is COCc1ccc(C(=O)N2CCNCC(C(=O)O)C2)cc1. The van der Waals surface area contributed by atoms with Crippen LogP contribution in [0.15, 0.2) is 24.3 Å². The number of carbonyl (C=O) groups excluding carboxylic acids is 1. The van der Waals surface area contributed by atoms with Gasteiger partial charge in [-0.05, 0) is 17.7 Å². The molecule has 1 amide bonds. The third-order valence-corrected chi connectivity index (χ3v) is 3.54. The molecule has 1 aromatic carbocycles. The van der Waals surface area contributed by atoms with Gasteiger partial charge >= 0.3 is 5.97 Å². The Bertz CT molecular complexity index is 501. The fraction of sp³-hybridized carbons (Fsp3) is 0.467. The smallest absolute Gasteiger partial charge is 0.309 e. The zero-order chi connectivity index (χ0) is 15.2. The summed E-state index contributed by atoms with van der Waals surface area (Å²) in [6, 6.07) is 7.21. The second-order valence-electron chi connectivity index (χ2n) is 5.12. The van der Waals surface area contributed by atoms with Gasteiger partial charge in [0.05, 0.1) is 12.5 Å². The van der Waals surface area contributed by atoms with E-state index in [1.165, 1.54) is 0 Å². The third-order valence-electron chi connectivity index (χ3n) is 3.54. The fourth-order valence-corrected chi connectivity index (χ4v) is 2.35. The van der Waals surface area contributed by atoms with Crippen molar-refractivity contribution in [2.75, 3.05) is 33.3 Å². The van der Waals surface area contributed by atoms with Crippen molar-refractivity contribution in [3.63, 3.8) is 0 Å². The molecule has 1 heterocycles. The van der Waals surface area contributed by atoms with Gasteiger partial charge in [-0.25, -0.2) is 0 Å². The van der Waals surface area contributed by atoms with Crippen LogP contribution in [0.1, 0.15) is 15.9 Å². The van der Waals surface area contributed by atoms with E-state index < -0.39 is 11.9 Å². The molecule has 1 saturated heterocycles. The summed E-state index contributed by atoms with van der Waals surface area (Å²) in [4.78, 5) is 25.2. The molecule has 1 aliphatic heterocycles. The van der Waals surface area contributed by atoms with Gasteiger partial charge in [-0.1, -0.05) is 12.1 Å². The minimum atomic E-state index is -0.877. The lowest BCUT2D eigenvalue weighted by molar-refractivity contribution is -0.141. The van der Waals surface area contributed by atoms with Gasteiger partial charge in [-0.15, -0.1) is 0 Å². The Morgan fingerprint density at radius 2 is 2.10 bits per heavy atom. The molecule has 1 aliphatic rings. The Balaban J connectivity index is 2.08. The maximum atomic E-state index is 12.5. The van der Waals surface area contributed by atoms with E-state index in [1.807, 2.05) is 12.1 Å². The molecule has 0 bridgehead atoms. The molecule has 6 heteroatoms. The number of hydrogen-bond donors (Lipinski definition) is 2. The molecule has 1 atom stereocenters. The van der Waals surface area contributed by atoms with Crippen LogP contribution in [0.25, 0.3) is 0 Å². The number of carboxylic acid groups (broad SMARTS) is 1. The first kappa shape index (κ1) is 15.5. The molecule has 0 spiro atoms. The highest BCUT2D eigenvalue weighted by Gasteiger charge is 2.26. The predicted molar refractivity (Wildman–Crippen MR) is 77.1 cm³/mol. The van der Waals surface area contributed by atoms with E-state index in [0.717, 1.165) is 5.56 Å². The summed E-state index contributed by atoms with van der Waals surface area (Å²) in [6.45, 7) is 2.26. The molecule has 2 rings (SSSR count). The van der Waals surface area contributed by atoms with Crippen molar-refractivity contribution in [3.05, 3.63) is 35.4 Å². The van der Waals surface area contributed by atoms with E-state index in [4.69, 9.17) is 9.84 Å². The van der Waals surface area contributed by atoms with E-state index in [2.05, 4.69) is 5.32 Å². The average molecular weight is 292 g/mol. The van der Waals surface area contributed by atoms with Crippen molar-refractivity contribution in [3.8, 4) is 0 Å². The van der Waals surface area contributed by atoms with E-state index >= 15 is 0 Å². The third kappa shape index (κ3) is 4.03. The molecule has 0 saturated carbocycles. The second kappa shape index (κ2) is 7.19. The molecule has 21 heavy (non-hydrogen) atoms. The Labute approximate surface area is 123 Å². The van der Waals surface area contributed by atoms with Crippen LogP contribution >= 0.6 is 0 Å². The van der Waals surface area contributed by atoms with Gasteiger partial charge in [0.1, 0.15) is 0 Å². The van der Waals surface area contributed by atoms with Crippen molar-refractivity contribution in [1.82, 2.24) is 10.2 Å². The van der Waals surface area contributed by atoms with Crippen LogP contribution in [0.5, 0.6) is 0 Å². The number of ether oxygens (including phenoxy) is 1. The van der Waals surface area contributed by atoms with E-state index in [-0.39, 0.29) is 12.5 Å². The van der Waals surface area contributed by atoms with E-state index in [0.29, 0.717) is 31.8 Å². The Morgan fingerprint density at radius 3 is 2.71 bits per heavy atom. The highest BCUT2D eigenvalue weighted by Crippen LogP contribution is 2.12. The maximum Gasteiger partial charge on any atom is 0.309 e. The number of benzene rings is 1. The van der Waals surface area contributed by atoms with Crippen LogP contribution in [0.4, 0.5) is 0 Å². The number of carboxylic acids is 1. The van der Waals surface area contributed by atoms with Gasteiger partial charge in [-0.2, -0.15) is 0 Å². The minimum Gasteiger partial charge on any atom is -0.481 e. The van der Waals surface area contributed by atoms with Crippen LogP contribution in [-0.4, -0.2) is 55.2 Å². The van der Waals surface area contributed by atoms with Crippen molar-refractivity contribution < 1.29 is 19.4 Å². The molecule has 6 nitrogen and oxygen atoms in total. The molecule has 1 unspecified atom stereocenters.